The van der Waals surface area contributed by atoms with Crippen LogP contribution in [-0.4, -0.2) is 11.4 Å². The Labute approximate surface area is 80.6 Å². The highest BCUT2D eigenvalue weighted by molar-refractivity contribution is 14.1. The van der Waals surface area contributed by atoms with E-state index in [1.54, 1.807) is 6.92 Å². The number of nitrogens with one attached hydrogen (secondary N) is 1. The first-order chi connectivity index (χ1) is 5.08. The lowest BCUT2D eigenvalue weighted by molar-refractivity contribution is -0.120. The highest BCUT2D eigenvalue weighted by Crippen LogP contribution is 2.38. The second-order valence-corrected chi connectivity index (χ2v) is 3.77. The minimum absolute atomic E-state index is 0.0347. The molecular formula is C8H12INO. The molecule has 1 saturated carbocycles. The van der Waals surface area contributed by atoms with E-state index < -0.39 is 0 Å². The van der Waals surface area contributed by atoms with Gasteiger partial charge in [0.15, 0.2) is 0 Å². The van der Waals surface area contributed by atoms with Crippen molar-refractivity contribution in [3.63, 3.8) is 0 Å². The van der Waals surface area contributed by atoms with Crippen LogP contribution in [0, 0.1) is 0 Å². The third kappa shape index (κ3) is 1.75. The molecular weight excluding hydrogens is 249 g/mol. The van der Waals surface area contributed by atoms with Crippen molar-refractivity contribution in [2.75, 3.05) is 0 Å². The normalized spacial score (nSPS) is 33.2. The molecule has 0 aliphatic heterocycles. The third-order valence-corrected chi connectivity index (χ3v) is 2.94. The molecule has 0 heterocycles. The number of hydrogen-bond donors (Lipinski definition) is 1. The van der Waals surface area contributed by atoms with E-state index in [0.29, 0.717) is 0 Å². The molecule has 1 fully saturated rings. The first-order valence-electron chi connectivity index (χ1n) is 3.67. The van der Waals surface area contributed by atoms with Crippen LogP contribution in [-0.2, 0) is 4.79 Å². The summed E-state index contributed by atoms with van der Waals surface area (Å²) in [6, 6.07) is 0. The number of amides is 1. The second-order valence-electron chi connectivity index (χ2n) is 3.15. The largest absolute Gasteiger partial charge is 0.347 e. The lowest BCUT2D eigenvalue weighted by Crippen LogP contribution is -2.52. The molecule has 1 N–H and O–H groups in total. The smallest absolute Gasteiger partial charge is 0.217 e. The van der Waals surface area contributed by atoms with Crippen molar-refractivity contribution in [1.29, 1.82) is 0 Å². The van der Waals surface area contributed by atoms with Crippen LogP contribution in [0.1, 0.15) is 26.7 Å². The van der Waals surface area contributed by atoms with E-state index in [0.717, 1.165) is 12.8 Å². The molecule has 1 amide bonds. The van der Waals surface area contributed by atoms with Crippen LogP contribution in [0.5, 0.6) is 0 Å². The molecule has 0 saturated heterocycles. The summed E-state index contributed by atoms with van der Waals surface area (Å²) in [6.45, 7) is 3.64. The van der Waals surface area contributed by atoms with Gasteiger partial charge in [-0.2, -0.15) is 0 Å². The molecule has 62 valence electrons. The number of rotatable bonds is 1. The van der Waals surface area contributed by atoms with Gasteiger partial charge in [0, 0.05) is 6.92 Å². The Morgan fingerprint density at radius 3 is 2.73 bits per heavy atom. The zero-order valence-corrected chi connectivity index (χ0v) is 8.94. The Hall–Kier alpha value is -0.0600. The summed E-state index contributed by atoms with van der Waals surface area (Å²) in [5.41, 5.74) is 1.31. The summed E-state index contributed by atoms with van der Waals surface area (Å²) >= 11 is 2.22. The van der Waals surface area contributed by atoms with Crippen molar-refractivity contribution in [3.8, 4) is 0 Å². The zero-order valence-electron chi connectivity index (χ0n) is 6.78. The fourth-order valence-electron chi connectivity index (χ4n) is 1.35. The maximum Gasteiger partial charge on any atom is 0.217 e. The van der Waals surface area contributed by atoms with Gasteiger partial charge in [-0.1, -0.05) is 22.6 Å². The predicted molar refractivity (Wildman–Crippen MR) is 53.6 cm³/mol. The van der Waals surface area contributed by atoms with E-state index in [1.807, 2.05) is 0 Å². The molecule has 1 aliphatic carbocycles. The van der Waals surface area contributed by atoms with Crippen LogP contribution < -0.4 is 5.32 Å². The van der Waals surface area contributed by atoms with Gasteiger partial charge in [-0.15, -0.1) is 0 Å². The summed E-state index contributed by atoms with van der Waals surface area (Å²) < 4.78 is 2.07. The lowest BCUT2D eigenvalue weighted by atomic mass is 9.74. The van der Waals surface area contributed by atoms with Crippen molar-refractivity contribution >= 4 is 28.5 Å². The molecule has 1 aliphatic rings. The van der Waals surface area contributed by atoms with E-state index in [4.69, 9.17) is 0 Å². The van der Waals surface area contributed by atoms with Gasteiger partial charge in [0.25, 0.3) is 0 Å². The molecule has 3 heteroatoms. The summed E-state index contributed by atoms with van der Waals surface area (Å²) in [7, 11) is 0. The van der Waals surface area contributed by atoms with E-state index >= 15 is 0 Å². The van der Waals surface area contributed by atoms with Crippen molar-refractivity contribution in [1.82, 2.24) is 5.32 Å². The molecule has 1 rings (SSSR count). The zero-order chi connectivity index (χ0) is 8.48. The standard InChI is InChI=1S/C8H12INO/c1-6(11)10-8(2)4-3-7(8)5-9/h5H,3-4H2,1-2H3,(H,10,11)/t8-/m0/s1/i9-4. The van der Waals surface area contributed by atoms with Crippen LogP contribution in [0.3, 0.4) is 0 Å². The second kappa shape index (κ2) is 3.13. The summed E-state index contributed by atoms with van der Waals surface area (Å²) in [5.74, 6) is 0.0583. The van der Waals surface area contributed by atoms with E-state index in [2.05, 4.69) is 38.9 Å². The van der Waals surface area contributed by atoms with Gasteiger partial charge in [0.1, 0.15) is 0 Å². The SMILES string of the molecule is CC(=O)N[C@@]1(C)CCC1=C[123I]. The summed E-state index contributed by atoms with van der Waals surface area (Å²) in [6.07, 6.45) is 2.20. The Bertz CT molecular complexity index is 212. The van der Waals surface area contributed by atoms with Gasteiger partial charge in [0.05, 0.1) is 5.54 Å². The molecule has 0 aromatic carbocycles. The third-order valence-electron chi connectivity index (χ3n) is 2.19. The van der Waals surface area contributed by atoms with Crippen molar-refractivity contribution in [2.24, 2.45) is 0 Å². The van der Waals surface area contributed by atoms with Crippen LogP contribution in [0.25, 0.3) is 0 Å². The Balaban J connectivity index is 2.61. The Morgan fingerprint density at radius 1 is 1.82 bits per heavy atom. The van der Waals surface area contributed by atoms with Crippen LogP contribution in [0.15, 0.2) is 9.66 Å². The molecule has 0 radical (unpaired) electrons. The minimum Gasteiger partial charge on any atom is -0.347 e. The average Bonchev–Trinajstić information content (AvgIpc) is 1.85. The number of carbonyl (C=O) groups excluding carboxylic acids is 1. The Morgan fingerprint density at radius 2 is 2.45 bits per heavy atom. The lowest BCUT2D eigenvalue weighted by Gasteiger charge is -2.41. The number of hydrogen-bond acceptors (Lipinski definition) is 1. The van der Waals surface area contributed by atoms with Gasteiger partial charge in [-0.3, -0.25) is 4.79 Å². The first-order valence-corrected chi connectivity index (χ1v) is 4.91. The molecule has 0 spiro atoms. The average molecular weight is 261 g/mol. The predicted octanol–water partition coefficient (Wildman–Crippen LogP) is 1.99. The number of halogens is 1. The highest BCUT2D eigenvalue weighted by atomic mass is 123. The molecule has 0 aromatic heterocycles. The van der Waals surface area contributed by atoms with Crippen LogP contribution >= 0.6 is 22.6 Å². The fraction of sp³-hybridized carbons (Fsp3) is 0.625. The van der Waals surface area contributed by atoms with Crippen molar-refractivity contribution < 1.29 is 4.79 Å². The molecule has 11 heavy (non-hydrogen) atoms. The van der Waals surface area contributed by atoms with Gasteiger partial charge in [-0.25, -0.2) is 0 Å². The van der Waals surface area contributed by atoms with Crippen LogP contribution in [0.2, 0.25) is 0 Å². The summed E-state index contributed by atoms with van der Waals surface area (Å²) in [5, 5.41) is 2.94. The quantitative estimate of drug-likeness (QED) is 0.718. The minimum atomic E-state index is -0.0347. The fourth-order valence-corrected chi connectivity index (χ4v) is 2.35. The van der Waals surface area contributed by atoms with Gasteiger partial charge in [-0.05, 0) is 29.4 Å². The number of carbonyl (C=O) groups is 1. The molecule has 0 bridgehead atoms. The molecule has 1 atom stereocenters. The van der Waals surface area contributed by atoms with Crippen molar-refractivity contribution in [2.45, 2.75) is 32.2 Å². The first kappa shape index (κ1) is 9.03. The van der Waals surface area contributed by atoms with Gasteiger partial charge < -0.3 is 5.32 Å². The highest BCUT2D eigenvalue weighted by Gasteiger charge is 2.37. The van der Waals surface area contributed by atoms with Crippen molar-refractivity contribution in [3.05, 3.63) is 9.66 Å². The van der Waals surface area contributed by atoms with Gasteiger partial charge >= 0.3 is 0 Å². The summed E-state index contributed by atoms with van der Waals surface area (Å²) in [4.78, 5) is 10.8. The monoisotopic (exact) mass is 261 g/mol. The van der Waals surface area contributed by atoms with Gasteiger partial charge in [0.2, 0.25) is 5.91 Å². The topological polar surface area (TPSA) is 29.1 Å². The maximum absolute atomic E-state index is 10.8. The van der Waals surface area contributed by atoms with E-state index in [9.17, 15) is 4.79 Å². The Kier molecular flexibility index (Phi) is 2.57. The molecule has 2 nitrogen and oxygen atoms in total. The van der Waals surface area contributed by atoms with E-state index in [-0.39, 0.29) is 11.4 Å². The molecule has 0 aromatic rings. The van der Waals surface area contributed by atoms with Crippen LogP contribution in [0.4, 0.5) is 0 Å². The van der Waals surface area contributed by atoms with E-state index in [1.165, 1.54) is 5.57 Å². The molecule has 0 unspecified atom stereocenters. The maximum atomic E-state index is 10.8.